The highest BCUT2D eigenvalue weighted by molar-refractivity contribution is 7.92. The number of benzene rings is 3. The van der Waals surface area contributed by atoms with Crippen molar-refractivity contribution in [1.82, 2.24) is 15.4 Å². The van der Waals surface area contributed by atoms with E-state index in [0.717, 1.165) is 16.5 Å². The first-order chi connectivity index (χ1) is 17.4. The molecular weight excluding hydrogens is 482 g/mol. The van der Waals surface area contributed by atoms with Crippen molar-refractivity contribution >= 4 is 49.1 Å². The van der Waals surface area contributed by atoms with Crippen molar-refractivity contribution in [2.45, 2.75) is 23.7 Å². The number of aromatic amines is 1. The van der Waals surface area contributed by atoms with Gasteiger partial charge in [-0.15, -0.1) is 0 Å². The van der Waals surface area contributed by atoms with Crippen molar-refractivity contribution in [3.8, 4) is 11.5 Å². The van der Waals surface area contributed by atoms with Crippen molar-refractivity contribution in [2.24, 2.45) is 0 Å². The normalized spacial score (nSPS) is 13.7. The van der Waals surface area contributed by atoms with Gasteiger partial charge in [-0.05, 0) is 41.8 Å². The lowest BCUT2D eigenvalue weighted by atomic mass is 10.1. The Balaban J connectivity index is 1.34. The minimum Gasteiger partial charge on any atom is -0.495 e. The molecule has 1 saturated carbocycles. The molecule has 0 amide bonds. The van der Waals surface area contributed by atoms with Crippen LogP contribution in [0.4, 0.5) is 17.3 Å². The van der Waals surface area contributed by atoms with Crippen molar-refractivity contribution in [3.05, 3.63) is 60.3 Å². The highest BCUT2D eigenvalue weighted by atomic mass is 32.2. The summed E-state index contributed by atoms with van der Waals surface area (Å²) in [6.45, 7) is 0. The molecule has 36 heavy (non-hydrogen) atoms. The molecule has 2 heterocycles. The minimum atomic E-state index is -4.05. The van der Waals surface area contributed by atoms with Crippen LogP contribution in [0.5, 0.6) is 11.5 Å². The number of ether oxygens (including phenoxy) is 2. The van der Waals surface area contributed by atoms with Crippen LogP contribution in [-0.4, -0.2) is 38.0 Å². The van der Waals surface area contributed by atoms with E-state index in [1.165, 1.54) is 27.1 Å². The largest absolute Gasteiger partial charge is 0.495 e. The Kier molecular flexibility index (Phi) is 5.22. The summed E-state index contributed by atoms with van der Waals surface area (Å²) in [6.07, 6.45) is 2.33. The summed E-state index contributed by atoms with van der Waals surface area (Å²) in [4.78, 5) is -0.00454. The molecule has 1 aliphatic carbocycles. The third kappa shape index (κ3) is 3.97. The molecule has 3 aromatic carbocycles. The van der Waals surface area contributed by atoms with E-state index in [2.05, 4.69) is 25.4 Å². The van der Waals surface area contributed by atoms with Gasteiger partial charge >= 0.3 is 0 Å². The number of nitrogens with zero attached hydrogens (tertiary/aromatic N) is 2. The molecule has 0 radical (unpaired) electrons. The molecule has 184 valence electrons. The fourth-order valence-corrected chi connectivity index (χ4v) is 5.40. The molecule has 10 nitrogen and oxygen atoms in total. The van der Waals surface area contributed by atoms with Crippen molar-refractivity contribution in [3.63, 3.8) is 0 Å². The third-order valence-corrected chi connectivity index (χ3v) is 7.58. The molecular formula is C25H23N5O5S. The van der Waals surface area contributed by atoms with Gasteiger partial charge < -0.3 is 19.3 Å². The van der Waals surface area contributed by atoms with Crippen LogP contribution in [-0.2, 0) is 10.0 Å². The maximum Gasteiger partial charge on any atom is 0.266 e. The van der Waals surface area contributed by atoms with Crippen LogP contribution in [0, 0.1) is 0 Å². The van der Waals surface area contributed by atoms with Gasteiger partial charge in [0.15, 0.2) is 17.2 Å². The second kappa shape index (κ2) is 8.45. The predicted octanol–water partition coefficient (Wildman–Crippen LogP) is 5.14. The first-order valence-corrected chi connectivity index (χ1v) is 12.8. The van der Waals surface area contributed by atoms with Crippen LogP contribution in [0.15, 0.2) is 64.0 Å². The number of fused-ring (bicyclic) bond motifs is 2. The van der Waals surface area contributed by atoms with E-state index < -0.39 is 10.0 Å². The van der Waals surface area contributed by atoms with Gasteiger partial charge in [0.25, 0.3) is 10.0 Å². The summed E-state index contributed by atoms with van der Waals surface area (Å²) >= 11 is 0. The fraction of sp³-hybridized carbons (Fsp3) is 0.200. The molecule has 0 aliphatic heterocycles. The summed E-state index contributed by atoms with van der Waals surface area (Å²) < 4.78 is 45.6. The lowest BCUT2D eigenvalue weighted by Gasteiger charge is -2.12. The Morgan fingerprint density at radius 1 is 1.00 bits per heavy atom. The van der Waals surface area contributed by atoms with Crippen molar-refractivity contribution < 1.29 is 22.4 Å². The van der Waals surface area contributed by atoms with Crippen LogP contribution < -0.4 is 19.5 Å². The highest BCUT2D eigenvalue weighted by Gasteiger charge is 2.26. The van der Waals surface area contributed by atoms with E-state index in [-0.39, 0.29) is 16.5 Å². The lowest BCUT2D eigenvalue weighted by Crippen LogP contribution is -2.14. The Morgan fingerprint density at radius 2 is 1.75 bits per heavy atom. The van der Waals surface area contributed by atoms with Crippen molar-refractivity contribution in [2.75, 3.05) is 24.3 Å². The van der Waals surface area contributed by atoms with Gasteiger partial charge in [-0.2, -0.15) is 5.10 Å². The van der Waals surface area contributed by atoms with E-state index in [9.17, 15) is 8.42 Å². The van der Waals surface area contributed by atoms with Gasteiger partial charge in [0.2, 0.25) is 0 Å². The summed E-state index contributed by atoms with van der Waals surface area (Å²) in [7, 11) is -1.09. The molecule has 3 N–H and O–H groups in total. The van der Waals surface area contributed by atoms with Crippen LogP contribution in [0.1, 0.15) is 24.5 Å². The van der Waals surface area contributed by atoms with E-state index in [1.807, 2.05) is 30.3 Å². The number of aromatic nitrogens is 3. The topological polar surface area (TPSA) is 131 Å². The summed E-state index contributed by atoms with van der Waals surface area (Å²) in [6, 6.07) is 16.0. The van der Waals surface area contributed by atoms with E-state index >= 15 is 0 Å². The maximum atomic E-state index is 13.4. The second-order valence-electron chi connectivity index (χ2n) is 8.64. The molecule has 1 fully saturated rings. The number of rotatable bonds is 8. The zero-order valence-electron chi connectivity index (χ0n) is 19.5. The summed E-state index contributed by atoms with van der Waals surface area (Å²) in [5.74, 6) is 1.94. The van der Waals surface area contributed by atoms with Crippen LogP contribution >= 0.6 is 0 Å². The summed E-state index contributed by atoms with van der Waals surface area (Å²) in [5, 5.41) is 16.6. The van der Waals surface area contributed by atoms with Crippen LogP contribution in [0.25, 0.3) is 21.7 Å². The number of H-pyrrole nitrogens is 1. The quantitative estimate of drug-likeness (QED) is 0.264. The highest BCUT2D eigenvalue weighted by Crippen LogP contribution is 2.41. The molecule has 0 saturated heterocycles. The number of anilines is 3. The van der Waals surface area contributed by atoms with Gasteiger partial charge in [-0.25, -0.2) is 8.42 Å². The molecule has 0 spiro atoms. The Bertz CT molecular complexity index is 1700. The van der Waals surface area contributed by atoms with E-state index in [0.29, 0.717) is 34.1 Å². The number of nitrogens with one attached hydrogen (secondary N) is 3. The standard InChI is InChI=1S/C25H23N5O5S/c1-33-21-11-17-20(12-19(21)26-24-13-18(27-28-24)14-7-8-14)35-29-25(17)30-36(31,32)23-10-16-6-4-3-5-15(16)9-22(23)34-2/h3-6,9-14H,7-8H2,1-2H3,(H,29,30)(H2,26,27,28). The minimum absolute atomic E-state index is 0.00454. The molecule has 6 rings (SSSR count). The molecule has 1 aliphatic rings. The first-order valence-electron chi connectivity index (χ1n) is 11.3. The lowest BCUT2D eigenvalue weighted by molar-refractivity contribution is 0.403. The average molecular weight is 506 g/mol. The summed E-state index contributed by atoms with van der Waals surface area (Å²) in [5.41, 5.74) is 2.08. The molecule has 2 aromatic heterocycles. The zero-order valence-corrected chi connectivity index (χ0v) is 20.3. The van der Waals surface area contributed by atoms with Gasteiger partial charge in [-0.3, -0.25) is 9.82 Å². The van der Waals surface area contributed by atoms with E-state index in [1.54, 1.807) is 24.3 Å². The van der Waals surface area contributed by atoms with Gasteiger partial charge in [0.1, 0.15) is 16.4 Å². The first kappa shape index (κ1) is 22.2. The molecule has 11 heteroatoms. The number of hydrogen-bond donors (Lipinski definition) is 3. The molecule has 0 unspecified atom stereocenters. The van der Waals surface area contributed by atoms with Crippen molar-refractivity contribution in [1.29, 1.82) is 0 Å². The number of methoxy groups -OCH3 is 2. The molecule has 0 bridgehead atoms. The maximum absolute atomic E-state index is 13.4. The average Bonchev–Trinajstić information content (AvgIpc) is 3.52. The molecule has 5 aromatic rings. The monoisotopic (exact) mass is 505 g/mol. The Morgan fingerprint density at radius 3 is 2.47 bits per heavy atom. The number of hydrogen-bond acceptors (Lipinski definition) is 8. The SMILES string of the molecule is COc1cc2c(NS(=O)(=O)c3cc4ccccc4cc3OC)noc2cc1Nc1cc(C2CC2)[nH]n1. The van der Waals surface area contributed by atoms with Gasteiger partial charge in [-0.1, -0.05) is 29.4 Å². The van der Waals surface area contributed by atoms with E-state index in [4.69, 9.17) is 14.0 Å². The van der Waals surface area contributed by atoms with Crippen LogP contribution in [0.2, 0.25) is 0 Å². The second-order valence-corrected chi connectivity index (χ2v) is 10.3. The third-order valence-electron chi connectivity index (χ3n) is 6.22. The zero-order chi connectivity index (χ0) is 24.9. The molecule has 0 atom stereocenters. The Labute approximate surface area is 206 Å². The van der Waals surface area contributed by atoms with Gasteiger partial charge in [0, 0.05) is 23.7 Å². The smallest absolute Gasteiger partial charge is 0.266 e. The van der Waals surface area contributed by atoms with Gasteiger partial charge in [0.05, 0.1) is 25.3 Å². The Hall–Kier alpha value is -4.25. The number of sulfonamides is 1. The predicted molar refractivity (Wildman–Crippen MR) is 136 cm³/mol. The van der Waals surface area contributed by atoms with Crippen LogP contribution in [0.3, 0.4) is 0 Å². The fourth-order valence-electron chi connectivity index (χ4n) is 4.20.